The minimum atomic E-state index is -0.462. The quantitative estimate of drug-likeness (QED) is 0.637. The Balaban J connectivity index is 1.42. The van der Waals surface area contributed by atoms with Gasteiger partial charge in [0.05, 0.1) is 5.69 Å². The molecule has 1 aliphatic rings. The van der Waals surface area contributed by atoms with Crippen molar-refractivity contribution < 1.29 is 9.59 Å². The van der Waals surface area contributed by atoms with E-state index in [1.54, 1.807) is 23.5 Å². The summed E-state index contributed by atoms with van der Waals surface area (Å²) in [7, 11) is 0. The summed E-state index contributed by atoms with van der Waals surface area (Å²) < 4.78 is 0. The average molecular weight is 437 g/mol. The summed E-state index contributed by atoms with van der Waals surface area (Å²) in [6.07, 6.45) is 8.22. The average Bonchev–Trinajstić information content (AvgIpc) is 3.24. The van der Waals surface area contributed by atoms with E-state index in [1.165, 1.54) is 11.3 Å². The molecule has 0 spiro atoms. The van der Waals surface area contributed by atoms with Crippen LogP contribution in [0.15, 0.2) is 42.9 Å². The highest BCUT2D eigenvalue weighted by molar-refractivity contribution is 7.14. The van der Waals surface area contributed by atoms with Crippen LogP contribution < -0.4 is 5.32 Å². The van der Waals surface area contributed by atoms with Gasteiger partial charge in [0.2, 0.25) is 11.8 Å². The zero-order valence-corrected chi connectivity index (χ0v) is 18.1. The molecule has 3 heterocycles. The van der Waals surface area contributed by atoms with Crippen LogP contribution in [0, 0.1) is 6.92 Å². The number of benzene rings is 1. The molecule has 1 N–H and O–H groups in total. The molecular weight excluding hydrogens is 412 g/mol. The lowest BCUT2D eigenvalue weighted by molar-refractivity contribution is -0.140. The van der Waals surface area contributed by atoms with E-state index in [0.29, 0.717) is 31.5 Å². The molecule has 0 bridgehead atoms. The van der Waals surface area contributed by atoms with Gasteiger partial charge >= 0.3 is 0 Å². The second-order valence-electron chi connectivity index (χ2n) is 7.49. The SMILES string of the molecule is Cc1nnc(-c2cccc(NC(=O)[C@@H]3CCCCN3C(=O)CCc3cnccn3)c2)s1. The van der Waals surface area contributed by atoms with Crippen molar-refractivity contribution in [1.82, 2.24) is 25.1 Å². The number of likely N-dealkylation sites (tertiary alicyclic amines) is 1. The fourth-order valence-electron chi connectivity index (χ4n) is 3.71. The lowest BCUT2D eigenvalue weighted by Crippen LogP contribution is -2.50. The molecule has 4 rings (SSSR count). The molecule has 8 nitrogen and oxygen atoms in total. The van der Waals surface area contributed by atoms with E-state index in [4.69, 9.17) is 0 Å². The van der Waals surface area contributed by atoms with Crippen molar-refractivity contribution in [3.63, 3.8) is 0 Å². The van der Waals surface area contributed by atoms with Gasteiger partial charge in [0, 0.05) is 42.8 Å². The first-order chi connectivity index (χ1) is 15.1. The molecule has 1 fully saturated rings. The third kappa shape index (κ3) is 5.29. The standard InChI is InChI=1S/C22H24N6O2S/c1-15-26-27-22(31-15)16-5-4-6-17(13-16)25-21(30)19-7-2-3-12-28(19)20(29)9-8-18-14-23-10-11-24-18/h4-6,10-11,13-14,19H,2-3,7-9,12H2,1H3,(H,25,30)/t19-/m0/s1. The van der Waals surface area contributed by atoms with Gasteiger partial charge in [-0.3, -0.25) is 19.6 Å². The summed E-state index contributed by atoms with van der Waals surface area (Å²) >= 11 is 1.51. The number of rotatable bonds is 6. The molecule has 31 heavy (non-hydrogen) atoms. The summed E-state index contributed by atoms with van der Waals surface area (Å²) in [4.78, 5) is 35.9. The highest BCUT2D eigenvalue weighted by Gasteiger charge is 2.32. The van der Waals surface area contributed by atoms with Crippen molar-refractivity contribution >= 4 is 28.8 Å². The summed E-state index contributed by atoms with van der Waals surface area (Å²) in [5.74, 6) is -0.179. The molecule has 1 aromatic carbocycles. The van der Waals surface area contributed by atoms with Gasteiger partial charge in [-0.05, 0) is 44.7 Å². The second-order valence-corrected chi connectivity index (χ2v) is 8.67. The van der Waals surface area contributed by atoms with Crippen LogP contribution in [-0.2, 0) is 16.0 Å². The zero-order chi connectivity index (χ0) is 21.6. The van der Waals surface area contributed by atoms with Crippen LogP contribution in [0.2, 0.25) is 0 Å². The van der Waals surface area contributed by atoms with Crippen molar-refractivity contribution in [3.8, 4) is 10.6 Å². The van der Waals surface area contributed by atoms with Crippen LogP contribution in [0.5, 0.6) is 0 Å². The Labute approximate surface area is 184 Å². The zero-order valence-electron chi connectivity index (χ0n) is 17.3. The molecule has 1 atom stereocenters. The molecule has 0 unspecified atom stereocenters. The Kier molecular flexibility index (Phi) is 6.61. The van der Waals surface area contributed by atoms with Gasteiger partial charge in [-0.1, -0.05) is 23.5 Å². The number of aryl methyl sites for hydroxylation is 2. The van der Waals surface area contributed by atoms with E-state index in [0.717, 1.165) is 34.1 Å². The molecule has 3 aromatic rings. The number of anilines is 1. The predicted octanol–water partition coefficient (Wildman–Crippen LogP) is 3.26. The smallest absolute Gasteiger partial charge is 0.247 e. The van der Waals surface area contributed by atoms with Crippen LogP contribution in [0.3, 0.4) is 0 Å². The first kappa shape index (κ1) is 21.0. The summed E-state index contributed by atoms with van der Waals surface area (Å²) in [5, 5.41) is 12.9. The van der Waals surface area contributed by atoms with Gasteiger partial charge in [-0.25, -0.2) is 0 Å². The van der Waals surface area contributed by atoms with E-state index in [2.05, 4.69) is 25.5 Å². The van der Waals surface area contributed by atoms with E-state index >= 15 is 0 Å². The van der Waals surface area contributed by atoms with Gasteiger partial charge in [-0.2, -0.15) is 0 Å². The number of hydrogen-bond donors (Lipinski definition) is 1. The van der Waals surface area contributed by atoms with Crippen LogP contribution in [0.4, 0.5) is 5.69 Å². The van der Waals surface area contributed by atoms with Gasteiger partial charge < -0.3 is 10.2 Å². The maximum atomic E-state index is 13.1. The van der Waals surface area contributed by atoms with Gasteiger partial charge in [0.1, 0.15) is 16.1 Å². The number of nitrogens with one attached hydrogen (secondary N) is 1. The minimum Gasteiger partial charge on any atom is -0.331 e. The largest absolute Gasteiger partial charge is 0.331 e. The second kappa shape index (κ2) is 9.74. The maximum Gasteiger partial charge on any atom is 0.247 e. The molecular formula is C22H24N6O2S. The highest BCUT2D eigenvalue weighted by Crippen LogP contribution is 2.26. The number of carbonyl (C=O) groups is 2. The van der Waals surface area contributed by atoms with Crippen LogP contribution >= 0.6 is 11.3 Å². The molecule has 0 radical (unpaired) electrons. The first-order valence-corrected chi connectivity index (χ1v) is 11.2. The molecule has 0 saturated carbocycles. The van der Waals surface area contributed by atoms with Gasteiger partial charge in [-0.15, -0.1) is 10.2 Å². The van der Waals surface area contributed by atoms with Crippen molar-refractivity contribution in [2.75, 3.05) is 11.9 Å². The number of piperidine rings is 1. The van der Waals surface area contributed by atoms with E-state index in [-0.39, 0.29) is 11.8 Å². The Hall–Kier alpha value is -3.20. The first-order valence-electron chi connectivity index (χ1n) is 10.4. The Morgan fingerprint density at radius 1 is 1.23 bits per heavy atom. The van der Waals surface area contributed by atoms with Crippen molar-refractivity contribution in [3.05, 3.63) is 53.6 Å². The van der Waals surface area contributed by atoms with Gasteiger partial charge in [0.15, 0.2) is 0 Å². The van der Waals surface area contributed by atoms with E-state index in [1.807, 2.05) is 31.2 Å². The van der Waals surface area contributed by atoms with E-state index < -0.39 is 6.04 Å². The molecule has 1 saturated heterocycles. The summed E-state index contributed by atoms with van der Waals surface area (Å²) in [5.41, 5.74) is 2.37. The lowest BCUT2D eigenvalue weighted by Gasteiger charge is -2.34. The van der Waals surface area contributed by atoms with Crippen molar-refractivity contribution in [1.29, 1.82) is 0 Å². The molecule has 160 valence electrons. The lowest BCUT2D eigenvalue weighted by atomic mass is 10.00. The number of aromatic nitrogens is 4. The number of amides is 2. The molecule has 9 heteroatoms. The predicted molar refractivity (Wildman–Crippen MR) is 118 cm³/mol. The number of nitrogens with zero attached hydrogens (tertiary/aromatic N) is 5. The molecule has 1 aliphatic heterocycles. The summed E-state index contributed by atoms with van der Waals surface area (Å²) in [6, 6.07) is 7.10. The van der Waals surface area contributed by atoms with Crippen molar-refractivity contribution in [2.45, 2.75) is 45.1 Å². The van der Waals surface area contributed by atoms with Crippen LogP contribution in [0.25, 0.3) is 10.6 Å². The Bertz CT molecular complexity index is 1050. The minimum absolute atomic E-state index is 0.0245. The van der Waals surface area contributed by atoms with Crippen LogP contribution in [-0.4, -0.2) is 49.5 Å². The Morgan fingerprint density at radius 2 is 2.13 bits per heavy atom. The molecule has 2 amide bonds. The highest BCUT2D eigenvalue weighted by atomic mass is 32.1. The van der Waals surface area contributed by atoms with Gasteiger partial charge in [0.25, 0.3) is 0 Å². The third-order valence-electron chi connectivity index (χ3n) is 5.24. The van der Waals surface area contributed by atoms with Crippen LogP contribution in [0.1, 0.15) is 36.4 Å². The number of hydrogen-bond acceptors (Lipinski definition) is 7. The number of carbonyl (C=O) groups excluding carboxylic acids is 2. The monoisotopic (exact) mass is 436 g/mol. The fourth-order valence-corrected chi connectivity index (χ4v) is 4.40. The normalized spacial score (nSPS) is 16.2. The topological polar surface area (TPSA) is 101 Å². The van der Waals surface area contributed by atoms with Crippen molar-refractivity contribution in [2.24, 2.45) is 0 Å². The van der Waals surface area contributed by atoms with E-state index in [9.17, 15) is 9.59 Å². The molecule has 2 aromatic heterocycles. The third-order valence-corrected chi connectivity index (χ3v) is 6.13. The maximum absolute atomic E-state index is 13.1. The fraction of sp³-hybridized carbons (Fsp3) is 0.364. The Morgan fingerprint density at radius 3 is 2.90 bits per heavy atom. The molecule has 0 aliphatic carbocycles. The summed E-state index contributed by atoms with van der Waals surface area (Å²) in [6.45, 7) is 2.51.